The van der Waals surface area contributed by atoms with Gasteiger partial charge in [0.1, 0.15) is 5.78 Å². The van der Waals surface area contributed by atoms with Gasteiger partial charge in [-0.2, -0.15) is 0 Å². The fraction of sp³-hybridized carbons (Fsp3) is 0.286. The van der Waals surface area contributed by atoms with Crippen molar-refractivity contribution in [3.05, 3.63) is 53.5 Å². The highest BCUT2D eigenvalue weighted by atomic mass is 16.4. The summed E-state index contributed by atoms with van der Waals surface area (Å²) >= 11 is 0. The number of ketones is 1. The molecular formula is C21H23N5O3. The molecule has 0 bridgehead atoms. The molecule has 1 saturated carbocycles. The summed E-state index contributed by atoms with van der Waals surface area (Å²) in [6.45, 7) is 1.88. The Morgan fingerprint density at radius 1 is 1.24 bits per heavy atom. The fourth-order valence-electron chi connectivity index (χ4n) is 3.12. The summed E-state index contributed by atoms with van der Waals surface area (Å²) in [4.78, 5) is 31.2. The van der Waals surface area contributed by atoms with Crippen LogP contribution in [-0.4, -0.2) is 39.1 Å². The van der Waals surface area contributed by atoms with Crippen LogP contribution in [0.25, 0.3) is 11.3 Å². The third kappa shape index (κ3) is 5.25. The van der Waals surface area contributed by atoms with E-state index in [1.54, 1.807) is 24.5 Å². The van der Waals surface area contributed by atoms with Crippen molar-refractivity contribution in [1.29, 1.82) is 5.41 Å². The monoisotopic (exact) mass is 393 g/mol. The maximum absolute atomic E-state index is 11.3. The van der Waals surface area contributed by atoms with Gasteiger partial charge in [0.25, 0.3) is 0 Å². The average Bonchev–Trinajstić information content (AvgIpc) is 2.73. The number of aryl methyl sites for hydroxylation is 1. The van der Waals surface area contributed by atoms with Crippen molar-refractivity contribution in [1.82, 2.24) is 15.3 Å². The van der Waals surface area contributed by atoms with Crippen LogP contribution in [-0.2, 0) is 4.79 Å². The summed E-state index contributed by atoms with van der Waals surface area (Å²) in [5, 5.41) is 22.9. The number of aromatic nitrogens is 2. The largest absolute Gasteiger partial charge is 0.478 e. The molecule has 4 N–H and O–H groups in total. The van der Waals surface area contributed by atoms with Crippen molar-refractivity contribution >= 4 is 23.9 Å². The first-order valence-electron chi connectivity index (χ1n) is 9.39. The van der Waals surface area contributed by atoms with Crippen molar-refractivity contribution in [2.75, 3.05) is 5.32 Å². The van der Waals surface area contributed by atoms with Gasteiger partial charge in [0.15, 0.2) is 0 Å². The predicted molar refractivity (Wildman–Crippen MR) is 110 cm³/mol. The number of carbonyl (C=O) groups is 2. The highest BCUT2D eigenvalue weighted by molar-refractivity contribution is 5.88. The molecule has 0 aliphatic heterocycles. The molecule has 0 spiro atoms. The lowest BCUT2D eigenvalue weighted by Gasteiger charge is -2.21. The number of carbonyl (C=O) groups excluding carboxylic acids is 1. The van der Waals surface area contributed by atoms with Gasteiger partial charge in [-0.3, -0.25) is 4.79 Å². The van der Waals surface area contributed by atoms with E-state index < -0.39 is 5.97 Å². The number of aromatic carboxylic acids is 1. The lowest BCUT2D eigenvalue weighted by Crippen LogP contribution is -2.30. The van der Waals surface area contributed by atoms with E-state index in [2.05, 4.69) is 20.6 Å². The van der Waals surface area contributed by atoms with Crippen LogP contribution in [0.1, 0.15) is 41.6 Å². The number of hydrogen-bond donors (Lipinski definition) is 4. The SMILES string of the molecule is Cc1cnc(N/C(C=N)=C/NC2CCC(=O)CC2)nc1-c1ccc(C(=O)O)cc1. The fourth-order valence-corrected chi connectivity index (χ4v) is 3.12. The smallest absolute Gasteiger partial charge is 0.335 e. The van der Waals surface area contributed by atoms with E-state index in [9.17, 15) is 9.59 Å². The molecule has 0 saturated heterocycles. The van der Waals surface area contributed by atoms with Gasteiger partial charge in [0, 0.05) is 43.1 Å². The van der Waals surface area contributed by atoms with Gasteiger partial charge in [0.2, 0.25) is 5.95 Å². The quantitative estimate of drug-likeness (QED) is 0.532. The third-order valence-electron chi connectivity index (χ3n) is 4.81. The summed E-state index contributed by atoms with van der Waals surface area (Å²) in [6.07, 6.45) is 7.31. The Morgan fingerprint density at radius 3 is 2.55 bits per heavy atom. The van der Waals surface area contributed by atoms with Gasteiger partial charge in [-0.05, 0) is 37.5 Å². The maximum atomic E-state index is 11.3. The number of hydrogen-bond acceptors (Lipinski definition) is 7. The highest BCUT2D eigenvalue weighted by Gasteiger charge is 2.17. The summed E-state index contributed by atoms with van der Waals surface area (Å²) < 4.78 is 0. The van der Waals surface area contributed by atoms with E-state index in [1.807, 2.05) is 6.92 Å². The Balaban J connectivity index is 1.74. The van der Waals surface area contributed by atoms with Crippen molar-refractivity contribution in [2.24, 2.45) is 0 Å². The normalized spacial score (nSPS) is 15.1. The van der Waals surface area contributed by atoms with E-state index in [0.717, 1.165) is 24.0 Å². The number of nitrogens with zero attached hydrogens (tertiary/aromatic N) is 2. The van der Waals surface area contributed by atoms with Crippen molar-refractivity contribution in [2.45, 2.75) is 38.6 Å². The molecule has 3 rings (SSSR count). The minimum absolute atomic E-state index is 0.211. The summed E-state index contributed by atoms with van der Waals surface area (Å²) in [7, 11) is 0. The summed E-state index contributed by atoms with van der Waals surface area (Å²) in [6, 6.07) is 6.71. The Labute approximate surface area is 168 Å². The van der Waals surface area contributed by atoms with E-state index in [-0.39, 0.29) is 11.6 Å². The number of anilines is 1. The minimum Gasteiger partial charge on any atom is -0.478 e. The van der Waals surface area contributed by atoms with Crippen LogP contribution < -0.4 is 10.6 Å². The lowest BCUT2D eigenvalue weighted by molar-refractivity contribution is -0.120. The number of Topliss-reactive ketones (excluding diaryl/α,β-unsaturated/α-hetero) is 1. The first-order valence-corrected chi connectivity index (χ1v) is 9.39. The molecule has 1 aliphatic carbocycles. The van der Waals surface area contributed by atoms with Crippen LogP contribution in [0.4, 0.5) is 5.95 Å². The first-order chi connectivity index (χ1) is 14.0. The number of nitrogens with one attached hydrogen (secondary N) is 3. The molecule has 1 aromatic heterocycles. The van der Waals surface area contributed by atoms with Gasteiger partial charge in [-0.15, -0.1) is 0 Å². The van der Waals surface area contributed by atoms with Gasteiger partial charge in [-0.1, -0.05) is 12.1 Å². The molecule has 1 heterocycles. The maximum Gasteiger partial charge on any atom is 0.335 e. The molecule has 150 valence electrons. The molecule has 29 heavy (non-hydrogen) atoms. The molecule has 0 radical (unpaired) electrons. The molecule has 1 aliphatic rings. The van der Waals surface area contributed by atoms with Gasteiger partial charge in [0.05, 0.1) is 17.0 Å². The van der Waals surface area contributed by atoms with Gasteiger partial charge in [-0.25, -0.2) is 14.8 Å². The highest BCUT2D eigenvalue weighted by Crippen LogP contribution is 2.22. The number of carboxylic acids is 1. The molecule has 8 nitrogen and oxygen atoms in total. The van der Waals surface area contributed by atoms with Crippen molar-refractivity contribution < 1.29 is 14.7 Å². The van der Waals surface area contributed by atoms with E-state index in [1.165, 1.54) is 18.3 Å². The van der Waals surface area contributed by atoms with Crippen molar-refractivity contribution in [3.8, 4) is 11.3 Å². The third-order valence-corrected chi connectivity index (χ3v) is 4.81. The molecule has 0 amide bonds. The topological polar surface area (TPSA) is 128 Å². The molecule has 0 atom stereocenters. The van der Waals surface area contributed by atoms with Crippen LogP contribution in [0.15, 0.2) is 42.4 Å². The summed E-state index contributed by atoms with van der Waals surface area (Å²) in [5.41, 5.74) is 3.02. The number of rotatable bonds is 7. The van der Waals surface area contributed by atoms with Crippen LogP contribution in [0, 0.1) is 12.3 Å². The zero-order valence-electron chi connectivity index (χ0n) is 16.1. The standard InChI is InChI=1S/C21H23N5O3/c1-13-11-24-21(26-19(13)14-2-4-15(5-3-14)20(28)29)25-17(10-22)12-23-16-6-8-18(27)9-7-16/h2-5,10-12,16,22-23H,6-9H2,1H3,(H,28,29)(H,24,25,26)/b17-12+,22-10?. The van der Waals surface area contributed by atoms with E-state index in [4.69, 9.17) is 10.5 Å². The number of benzene rings is 1. The van der Waals surface area contributed by atoms with Crippen LogP contribution in [0.5, 0.6) is 0 Å². The van der Waals surface area contributed by atoms with Gasteiger partial charge < -0.3 is 21.1 Å². The molecule has 8 heteroatoms. The molecular weight excluding hydrogens is 370 g/mol. The number of carboxylic acid groups (broad SMARTS) is 1. The second-order valence-electron chi connectivity index (χ2n) is 6.96. The van der Waals surface area contributed by atoms with Crippen LogP contribution in [0.2, 0.25) is 0 Å². The van der Waals surface area contributed by atoms with Crippen LogP contribution >= 0.6 is 0 Å². The predicted octanol–water partition coefficient (Wildman–Crippen LogP) is 3.15. The number of allylic oxidation sites excluding steroid dienone is 1. The molecule has 2 aromatic rings. The van der Waals surface area contributed by atoms with E-state index >= 15 is 0 Å². The second-order valence-corrected chi connectivity index (χ2v) is 6.96. The Hall–Kier alpha value is -3.55. The Bertz CT molecular complexity index is 943. The molecule has 0 unspecified atom stereocenters. The average molecular weight is 393 g/mol. The molecule has 1 aromatic carbocycles. The Kier molecular flexibility index (Phi) is 6.33. The van der Waals surface area contributed by atoms with Crippen molar-refractivity contribution in [3.63, 3.8) is 0 Å². The molecule has 1 fully saturated rings. The Morgan fingerprint density at radius 2 is 1.93 bits per heavy atom. The van der Waals surface area contributed by atoms with Gasteiger partial charge >= 0.3 is 5.97 Å². The zero-order chi connectivity index (χ0) is 20.8. The zero-order valence-corrected chi connectivity index (χ0v) is 16.1. The lowest BCUT2D eigenvalue weighted by atomic mass is 9.94. The van der Waals surface area contributed by atoms with E-state index in [0.29, 0.717) is 36.0 Å². The second kappa shape index (κ2) is 9.09. The van der Waals surface area contributed by atoms with Crippen LogP contribution in [0.3, 0.4) is 0 Å². The minimum atomic E-state index is -0.978. The first kappa shape index (κ1) is 20.2. The summed E-state index contributed by atoms with van der Waals surface area (Å²) in [5.74, 6) is -0.341.